The van der Waals surface area contributed by atoms with E-state index in [0.29, 0.717) is 17.5 Å². The number of hydrogen-bond acceptors (Lipinski definition) is 6. The van der Waals surface area contributed by atoms with Gasteiger partial charge in [-0.1, -0.05) is 18.7 Å². The molecule has 0 aliphatic rings. The molecule has 1 atom stereocenters. The zero-order valence-electron chi connectivity index (χ0n) is 11.9. The van der Waals surface area contributed by atoms with E-state index in [1.807, 2.05) is 20.8 Å². The minimum absolute atomic E-state index is 0.233. The lowest BCUT2D eigenvalue weighted by molar-refractivity contribution is -0.149. The molecule has 0 aliphatic carbocycles. The summed E-state index contributed by atoms with van der Waals surface area (Å²) in [6, 6.07) is 0. The summed E-state index contributed by atoms with van der Waals surface area (Å²) in [5.74, 6) is 1.06. The Morgan fingerprint density at radius 2 is 2.26 bits per heavy atom. The van der Waals surface area contributed by atoms with Crippen molar-refractivity contribution in [2.45, 2.75) is 44.8 Å². The summed E-state index contributed by atoms with van der Waals surface area (Å²) in [5.41, 5.74) is -0.717. The first kappa shape index (κ1) is 16.0. The van der Waals surface area contributed by atoms with Crippen LogP contribution in [0.3, 0.4) is 0 Å². The highest BCUT2D eigenvalue weighted by molar-refractivity contribution is 7.99. The van der Waals surface area contributed by atoms with E-state index in [-0.39, 0.29) is 5.97 Å². The number of H-pyrrole nitrogens is 1. The highest BCUT2D eigenvalue weighted by Crippen LogP contribution is 2.20. The topological polar surface area (TPSA) is 79.9 Å². The largest absolute Gasteiger partial charge is 0.465 e. The fourth-order valence-electron chi connectivity index (χ4n) is 1.47. The average Bonchev–Trinajstić information content (AvgIpc) is 2.80. The molecule has 0 aromatic carbocycles. The molecular weight excluding hydrogens is 264 g/mol. The highest BCUT2D eigenvalue weighted by Gasteiger charge is 2.34. The second-order valence-electron chi connectivity index (χ2n) is 4.47. The first-order valence-electron chi connectivity index (χ1n) is 6.46. The predicted molar refractivity (Wildman–Crippen MR) is 75.2 cm³/mol. The molecule has 7 heteroatoms. The Labute approximate surface area is 118 Å². The van der Waals surface area contributed by atoms with Crippen LogP contribution >= 0.6 is 11.8 Å². The van der Waals surface area contributed by atoms with Crippen LogP contribution in [0.15, 0.2) is 5.16 Å². The quantitative estimate of drug-likeness (QED) is 0.557. The summed E-state index contributed by atoms with van der Waals surface area (Å²) in [4.78, 5) is 16.3. The lowest BCUT2D eigenvalue weighted by atomic mass is 10.1. The summed E-state index contributed by atoms with van der Waals surface area (Å²) < 4.78 is 5.13. The number of esters is 1. The lowest BCUT2D eigenvalue weighted by Gasteiger charge is -2.27. The molecule has 0 bridgehead atoms. The van der Waals surface area contributed by atoms with Crippen LogP contribution in [0, 0.1) is 6.92 Å². The van der Waals surface area contributed by atoms with Gasteiger partial charge in [0.05, 0.1) is 6.61 Å². The third kappa shape index (κ3) is 4.83. The standard InChI is InChI=1S/C12H22N4O2S/c1-5-7-13-12(4,10(17)18-6-2)8-19-11-14-9(3)15-16-11/h13H,5-8H2,1-4H3,(H,14,15,16). The Kier molecular flexibility index (Phi) is 6.30. The van der Waals surface area contributed by atoms with Gasteiger partial charge in [0.15, 0.2) is 0 Å². The van der Waals surface area contributed by atoms with E-state index in [1.54, 1.807) is 0 Å². The number of aromatic amines is 1. The molecule has 1 heterocycles. The second kappa shape index (κ2) is 7.49. The number of hydrogen-bond donors (Lipinski definition) is 2. The van der Waals surface area contributed by atoms with Gasteiger partial charge < -0.3 is 10.1 Å². The van der Waals surface area contributed by atoms with Gasteiger partial charge in [0.2, 0.25) is 5.16 Å². The molecule has 0 fully saturated rings. The number of aromatic nitrogens is 3. The van der Waals surface area contributed by atoms with Crippen molar-refractivity contribution >= 4 is 17.7 Å². The van der Waals surface area contributed by atoms with Crippen LogP contribution in [0.2, 0.25) is 0 Å². The number of ether oxygens (including phenoxy) is 1. The molecule has 0 saturated heterocycles. The molecule has 108 valence electrons. The van der Waals surface area contributed by atoms with Gasteiger partial charge in [-0.25, -0.2) is 4.98 Å². The van der Waals surface area contributed by atoms with Gasteiger partial charge in [-0.05, 0) is 33.7 Å². The maximum absolute atomic E-state index is 12.1. The van der Waals surface area contributed by atoms with Gasteiger partial charge in [0, 0.05) is 5.75 Å². The van der Waals surface area contributed by atoms with Crippen molar-refractivity contribution in [3.8, 4) is 0 Å². The van der Waals surface area contributed by atoms with Gasteiger partial charge in [0.1, 0.15) is 11.4 Å². The summed E-state index contributed by atoms with van der Waals surface area (Å²) >= 11 is 1.44. The first-order chi connectivity index (χ1) is 9.01. The van der Waals surface area contributed by atoms with E-state index >= 15 is 0 Å². The number of rotatable bonds is 8. The van der Waals surface area contributed by atoms with Crippen molar-refractivity contribution < 1.29 is 9.53 Å². The van der Waals surface area contributed by atoms with Gasteiger partial charge in [-0.3, -0.25) is 9.89 Å². The fraction of sp³-hybridized carbons (Fsp3) is 0.750. The predicted octanol–water partition coefficient (Wildman–Crippen LogP) is 1.53. The van der Waals surface area contributed by atoms with E-state index < -0.39 is 5.54 Å². The Bertz CT molecular complexity index is 410. The van der Waals surface area contributed by atoms with Gasteiger partial charge in [-0.2, -0.15) is 0 Å². The van der Waals surface area contributed by atoms with Gasteiger partial charge in [0.25, 0.3) is 0 Å². The molecule has 19 heavy (non-hydrogen) atoms. The molecule has 0 spiro atoms. The van der Waals surface area contributed by atoms with Crippen LogP contribution in [-0.4, -0.2) is 45.6 Å². The molecule has 1 aromatic heterocycles. The molecule has 0 radical (unpaired) electrons. The van der Waals surface area contributed by atoms with Crippen molar-refractivity contribution in [1.82, 2.24) is 20.5 Å². The minimum Gasteiger partial charge on any atom is -0.465 e. The normalized spacial score (nSPS) is 14.1. The van der Waals surface area contributed by atoms with E-state index in [4.69, 9.17) is 4.74 Å². The van der Waals surface area contributed by atoms with Crippen molar-refractivity contribution in [3.05, 3.63) is 5.82 Å². The maximum atomic E-state index is 12.1. The molecule has 2 N–H and O–H groups in total. The van der Waals surface area contributed by atoms with Gasteiger partial charge in [-0.15, -0.1) is 5.10 Å². The zero-order chi connectivity index (χ0) is 14.3. The Hall–Kier alpha value is -1.08. The molecule has 0 amide bonds. The number of thioether (sulfide) groups is 1. The van der Waals surface area contributed by atoms with Crippen molar-refractivity contribution in [1.29, 1.82) is 0 Å². The second-order valence-corrected chi connectivity index (χ2v) is 5.41. The summed E-state index contributed by atoms with van der Waals surface area (Å²) in [6.07, 6.45) is 0.958. The van der Waals surface area contributed by atoms with Crippen molar-refractivity contribution in [2.24, 2.45) is 0 Å². The minimum atomic E-state index is -0.717. The van der Waals surface area contributed by atoms with Crippen LogP contribution in [-0.2, 0) is 9.53 Å². The third-order valence-corrected chi connectivity index (χ3v) is 3.72. The molecule has 1 unspecified atom stereocenters. The monoisotopic (exact) mass is 286 g/mol. The highest BCUT2D eigenvalue weighted by atomic mass is 32.2. The summed E-state index contributed by atoms with van der Waals surface area (Å²) in [7, 11) is 0. The van der Waals surface area contributed by atoms with E-state index in [1.165, 1.54) is 11.8 Å². The van der Waals surface area contributed by atoms with Crippen LogP contribution in [0.5, 0.6) is 0 Å². The number of aryl methyl sites for hydroxylation is 1. The number of nitrogens with zero attached hydrogens (tertiary/aromatic N) is 2. The molecule has 0 aliphatic heterocycles. The Morgan fingerprint density at radius 3 is 2.79 bits per heavy atom. The third-order valence-electron chi connectivity index (χ3n) is 2.56. The van der Waals surface area contributed by atoms with Crippen molar-refractivity contribution in [3.63, 3.8) is 0 Å². The molecular formula is C12H22N4O2S. The number of carbonyl (C=O) groups is 1. The van der Waals surface area contributed by atoms with Crippen LogP contribution in [0.4, 0.5) is 0 Å². The number of carbonyl (C=O) groups excluding carboxylic acids is 1. The van der Waals surface area contributed by atoms with E-state index in [0.717, 1.165) is 18.8 Å². The Balaban J connectivity index is 2.65. The van der Waals surface area contributed by atoms with E-state index in [9.17, 15) is 4.79 Å². The Morgan fingerprint density at radius 1 is 1.53 bits per heavy atom. The molecule has 6 nitrogen and oxygen atoms in total. The average molecular weight is 286 g/mol. The smallest absolute Gasteiger partial charge is 0.326 e. The molecule has 1 aromatic rings. The number of nitrogens with one attached hydrogen (secondary N) is 2. The van der Waals surface area contributed by atoms with Crippen LogP contribution < -0.4 is 5.32 Å². The maximum Gasteiger partial charge on any atom is 0.326 e. The van der Waals surface area contributed by atoms with Gasteiger partial charge >= 0.3 is 5.97 Å². The first-order valence-corrected chi connectivity index (χ1v) is 7.44. The lowest BCUT2D eigenvalue weighted by Crippen LogP contribution is -2.52. The molecule has 0 saturated carbocycles. The fourth-order valence-corrected chi connectivity index (χ4v) is 2.42. The van der Waals surface area contributed by atoms with Crippen LogP contribution in [0.1, 0.15) is 33.0 Å². The van der Waals surface area contributed by atoms with Crippen molar-refractivity contribution in [2.75, 3.05) is 18.9 Å². The summed E-state index contributed by atoms with van der Waals surface area (Å²) in [5, 5.41) is 10.7. The SMILES string of the molecule is CCCNC(C)(CSc1n[nH]c(C)n1)C(=O)OCC. The zero-order valence-corrected chi connectivity index (χ0v) is 12.8. The molecule has 1 rings (SSSR count). The summed E-state index contributed by atoms with van der Waals surface area (Å²) in [6.45, 7) is 8.72. The van der Waals surface area contributed by atoms with Crippen LogP contribution in [0.25, 0.3) is 0 Å². The van der Waals surface area contributed by atoms with E-state index in [2.05, 4.69) is 27.4 Å².